The standard InChI is InChI=1S/C14H14N2O5S/c1-14(2)10(13(18)19)16-11(17)9(12(16)22(14,20)21)7-8-5-3-4-6-15-8/h3-7,10,12H,1-2H3,(H,18,19)/t10-,12+/m0/s1. The van der Waals surface area contributed by atoms with Gasteiger partial charge >= 0.3 is 5.97 Å². The molecular formula is C14H14N2O5S. The van der Waals surface area contributed by atoms with Crippen LogP contribution in [0.15, 0.2) is 30.0 Å². The predicted molar refractivity (Wildman–Crippen MR) is 77.3 cm³/mol. The topological polar surface area (TPSA) is 105 Å². The first-order chi connectivity index (χ1) is 10.2. The molecule has 2 aliphatic rings. The Morgan fingerprint density at radius 3 is 2.64 bits per heavy atom. The van der Waals surface area contributed by atoms with Crippen LogP contribution in [0.2, 0.25) is 0 Å². The van der Waals surface area contributed by atoms with E-state index in [0.717, 1.165) is 4.90 Å². The summed E-state index contributed by atoms with van der Waals surface area (Å²) in [6, 6.07) is 3.68. The highest BCUT2D eigenvalue weighted by Gasteiger charge is 2.70. The fourth-order valence-corrected chi connectivity index (χ4v) is 5.08. The minimum atomic E-state index is -3.83. The third kappa shape index (κ3) is 1.67. The minimum Gasteiger partial charge on any atom is -0.480 e. The van der Waals surface area contributed by atoms with Crippen molar-refractivity contribution in [1.82, 2.24) is 9.88 Å². The first kappa shape index (κ1) is 14.7. The van der Waals surface area contributed by atoms with Crippen LogP contribution in [0.3, 0.4) is 0 Å². The SMILES string of the molecule is CC1(C)[C@H](C(=O)O)N2C(=O)C(=Cc3ccccn3)[C@H]2S1(=O)=O. The summed E-state index contributed by atoms with van der Waals surface area (Å²) < 4.78 is 23.7. The molecule has 7 nitrogen and oxygen atoms in total. The first-order valence-electron chi connectivity index (χ1n) is 6.61. The molecular weight excluding hydrogens is 308 g/mol. The van der Waals surface area contributed by atoms with Crippen molar-refractivity contribution in [2.45, 2.75) is 30.0 Å². The van der Waals surface area contributed by atoms with Crippen molar-refractivity contribution in [3.8, 4) is 0 Å². The maximum absolute atomic E-state index is 12.6. The Bertz CT molecular complexity index is 798. The molecule has 0 aliphatic carbocycles. The quantitative estimate of drug-likeness (QED) is 0.620. The van der Waals surface area contributed by atoms with Crippen LogP contribution in [0.5, 0.6) is 0 Å². The second-order valence-electron chi connectivity index (χ2n) is 5.81. The molecule has 8 heteroatoms. The number of amides is 1. The van der Waals surface area contributed by atoms with E-state index in [1.165, 1.54) is 26.1 Å². The summed E-state index contributed by atoms with van der Waals surface area (Å²) in [6.45, 7) is 2.68. The zero-order chi connectivity index (χ0) is 16.3. The van der Waals surface area contributed by atoms with Gasteiger partial charge in [0.2, 0.25) is 0 Å². The van der Waals surface area contributed by atoms with E-state index in [-0.39, 0.29) is 5.57 Å². The maximum Gasteiger partial charge on any atom is 0.328 e. The number of carboxylic acid groups (broad SMARTS) is 1. The number of pyridine rings is 1. The van der Waals surface area contributed by atoms with Crippen molar-refractivity contribution < 1.29 is 23.1 Å². The van der Waals surface area contributed by atoms with Crippen molar-refractivity contribution >= 4 is 27.8 Å². The number of nitrogens with zero attached hydrogens (tertiary/aromatic N) is 2. The van der Waals surface area contributed by atoms with E-state index >= 15 is 0 Å². The molecule has 0 saturated carbocycles. The van der Waals surface area contributed by atoms with Crippen LogP contribution in [0, 0.1) is 0 Å². The molecule has 0 radical (unpaired) electrons. The van der Waals surface area contributed by atoms with Crippen LogP contribution in [0.1, 0.15) is 19.5 Å². The highest BCUT2D eigenvalue weighted by molar-refractivity contribution is 7.94. The fourth-order valence-electron chi connectivity index (χ4n) is 2.96. The number of sulfone groups is 1. The number of β-lactam (4-membered cyclic amide) rings is 1. The molecule has 3 rings (SSSR count). The molecule has 2 aliphatic heterocycles. The van der Waals surface area contributed by atoms with E-state index in [4.69, 9.17) is 0 Å². The first-order valence-corrected chi connectivity index (χ1v) is 8.16. The van der Waals surface area contributed by atoms with Crippen molar-refractivity contribution in [2.24, 2.45) is 0 Å². The summed E-state index contributed by atoms with van der Waals surface area (Å²) in [7, 11) is -3.83. The normalized spacial score (nSPS) is 30.0. The van der Waals surface area contributed by atoms with E-state index in [2.05, 4.69) is 4.98 Å². The molecule has 0 spiro atoms. The van der Waals surface area contributed by atoms with Crippen LogP contribution in [-0.4, -0.2) is 51.4 Å². The second kappa shape index (κ2) is 4.39. The van der Waals surface area contributed by atoms with Crippen LogP contribution in [0.4, 0.5) is 0 Å². The van der Waals surface area contributed by atoms with Crippen LogP contribution < -0.4 is 0 Å². The summed E-state index contributed by atoms with van der Waals surface area (Å²) in [5, 5.41) is 8.10. The molecule has 1 aromatic rings. The zero-order valence-electron chi connectivity index (χ0n) is 11.9. The van der Waals surface area contributed by atoms with Gasteiger partial charge in [-0.2, -0.15) is 0 Å². The molecule has 1 N–H and O–H groups in total. The molecule has 2 saturated heterocycles. The average Bonchev–Trinajstić information content (AvgIpc) is 2.59. The van der Waals surface area contributed by atoms with E-state index in [9.17, 15) is 23.1 Å². The van der Waals surface area contributed by atoms with Gasteiger partial charge in [-0.1, -0.05) is 6.07 Å². The Kier molecular flexibility index (Phi) is 2.93. The van der Waals surface area contributed by atoms with Crippen molar-refractivity contribution in [2.75, 3.05) is 0 Å². The number of carbonyl (C=O) groups is 2. The number of carboxylic acids is 1. The Balaban J connectivity index is 2.11. The Hall–Kier alpha value is -2.22. The average molecular weight is 322 g/mol. The van der Waals surface area contributed by atoms with E-state index in [0.29, 0.717) is 5.69 Å². The Morgan fingerprint density at radius 2 is 2.09 bits per heavy atom. The monoisotopic (exact) mass is 322 g/mol. The third-order valence-electron chi connectivity index (χ3n) is 4.19. The van der Waals surface area contributed by atoms with E-state index in [1.54, 1.807) is 18.2 Å². The maximum atomic E-state index is 12.6. The molecule has 22 heavy (non-hydrogen) atoms. The van der Waals surface area contributed by atoms with E-state index < -0.39 is 37.9 Å². The van der Waals surface area contributed by atoms with Gasteiger partial charge in [0.05, 0.1) is 11.3 Å². The number of aromatic nitrogens is 1. The lowest BCUT2D eigenvalue weighted by atomic mass is 9.95. The summed E-state index contributed by atoms with van der Waals surface area (Å²) in [4.78, 5) is 28.6. The van der Waals surface area contributed by atoms with Gasteiger partial charge in [-0.15, -0.1) is 0 Å². The number of rotatable bonds is 2. The summed E-state index contributed by atoms with van der Waals surface area (Å²) in [5.74, 6) is -1.89. The lowest BCUT2D eigenvalue weighted by Gasteiger charge is -2.37. The Morgan fingerprint density at radius 1 is 1.41 bits per heavy atom. The number of fused-ring (bicyclic) bond motifs is 1. The molecule has 0 unspecified atom stereocenters. The van der Waals surface area contributed by atoms with Crippen molar-refractivity contribution in [3.05, 3.63) is 35.7 Å². The number of carbonyl (C=O) groups excluding carboxylic acids is 1. The molecule has 1 aromatic heterocycles. The minimum absolute atomic E-state index is 0.0653. The van der Waals surface area contributed by atoms with Gasteiger partial charge in [0.25, 0.3) is 5.91 Å². The second-order valence-corrected chi connectivity index (χ2v) is 8.40. The molecule has 3 heterocycles. The summed E-state index contributed by atoms with van der Waals surface area (Å²) in [6.07, 6.45) is 2.93. The van der Waals surface area contributed by atoms with Gasteiger partial charge in [-0.05, 0) is 32.1 Å². The van der Waals surface area contributed by atoms with Crippen LogP contribution in [-0.2, 0) is 19.4 Å². The van der Waals surface area contributed by atoms with Gasteiger partial charge in [0, 0.05) is 6.20 Å². The highest BCUT2D eigenvalue weighted by Crippen LogP contribution is 2.48. The van der Waals surface area contributed by atoms with Gasteiger partial charge in [0.15, 0.2) is 21.3 Å². The van der Waals surface area contributed by atoms with Crippen molar-refractivity contribution in [3.63, 3.8) is 0 Å². The number of hydrogen-bond donors (Lipinski definition) is 1. The Labute approximate surface area is 127 Å². The zero-order valence-corrected chi connectivity index (χ0v) is 12.7. The third-order valence-corrected chi connectivity index (χ3v) is 6.95. The van der Waals surface area contributed by atoms with Crippen LogP contribution >= 0.6 is 0 Å². The summed E-state index contributed by atoms with van der Waals surface area (Å²) >= 11 is 0. The molecule has 2 atom stereocenters. The number of aliphatic carboxylic acids is 1. The summed E-state index contributed by atoms with van der Waals surface area (Å²) in [5.41, 5.74) is 0.521. The van der Waals surface area contributed by atoms with Gasteiger partial charge in [-0.3, -0.25) is 9.78 Å². The lowest BCUT2D eigenvalue weighted by Crippen LogP contribution is -2.58. The lowest BCUT2D eigenvalue weighted by molar-refractivity contribution is -0.152. The largest absolute Gasteiger partial charge is 0.480 e. The fraction of sp³-hybridized carbons (Fsp3) is 0.357. The van der Waals surface area contributed by atoms with E-state index in [1.807, 2.05) is 0 Å². The van der Waals surface area contributed by atoms with Gasteiger partial charge in [0.1, 0.15) is 4.75 Å². The number of hydrogen-bond acceptors (Lipinski definition) is 5. The molecule has 2 fully saturated rings. The van der Waals surface area contributed by atoms with Crippen LogP contribution in [0.25, 0.3) is 6.08 Å². The highest BCUT2D eigenvalue weighted by atomic mass is 32.2. The predicted octanol–water partition coefficient (Wildman–Crippen LogP) is 0.294. The smallest absolute Gasteiger partial charge is 0.328 e. The molecule has 0 bridgehead atoms. The van der Waals surface area contributed by atoms with Gasteiger partial charge in [-0.25, -0.2) is 13.2 Å². The molecule has 1 amide bonds. The molecule has 0 aromatic carbocycles. The van der Waals surface area contributed by atoms with Gasteiger partial charge < -0.3 is 10.0 Å². The van der Waals surface area contributed by atoms with Crippen molar-refractivity contribution in [1.29, 1.82) is 0 Å². The molecule has 116 valence electrons.